The number of para-hydroxylation sites is 5. The molecule has 5 aromatic carbocycles. The van der Waals surface area contributed by atoms with Crippen LogP contribution in [0.2, 0.25) is 0 Å². The van der Waals surface area contributed by atoms with Crippen LogP contribution in [0.3, 0.4) is 0 Å². The predicted molar refractivity (Wildman–Crippen MR) is 261 cm³/mol. The van der Waals surface area contributed by atoms with Crippen LogP contribution in [0.25, 0.3) is 0 Å². The van der Waals surface area contributed by atoms with Gasteiger partial charge >= 0.3 is 0 Å². The fraction of sp³-hybridized carbons (Fsp3) is 0.455. The van der Waals surface area contributed by atoms with Gasteiger partial charge in [0.1, 0.15) is 0 Å². The second-order valence-corrected chi connectivity index (χ2v) is 22.0. The molecule has 0 amide bonds. The normalized spacial score (nSPS) is 38.1. The van der Waals surface area contributed by atoms with Crippen molar-refractivity contribution in [3.05, 3.63) is 148 Å². The highest BCUT2D eigenvalue weighted by atomic mass is 15.4. The molecule has 10 nitrogen and oxygen atoms in total. The highest BCUT2D eigenvalue weighted by Gasteiger charge is 2.72. The van der Waals surface area contributed by atoms with Crippen LogP contribution < -0.4 is 26.6 Å². The highest BCUT2D eigenvalue weighted by Crippen LogP contribution is 2.69. The maximum Gasteiger partial charge on any atom is 0.0933 e. The lowest BCUT2D eigenvalue weighted by Crippen LogP contribution is -2.60. The minimum absolute atomic E-state index is 0.0539. The maximum atomic E-state index is 4.41. The number of hydrogen-bond donors (Lipinski definition) is 5. The monoisotopic (exact) mass is 863 g/mol. The van der Waals surface area contributed by atoms with Crippen molar-refractivity contribution in [3.8, 4) is 0 Å². The van der Waals surface area contributed by atoms with Gasteiger partial charge < -0.3 is 26.6 Å². The molecule has 5 fully saturated rings. The van der Waals surface area contributed by atoms with Crippen LogP contribution in [0.1, 0.15) is 76.6 Å². The average molecular weight is 863 g/mol. The number of fused-ring (bicyclic) bond motifs is 16. The summed E-state index contributed by atoms with van der Waals surface area (Å²) in [5, 5.41) is 21.2. The fourth-order valence-electron chi connectivity index (χ4n) is 17.3. The quantitative estimate of drug-likeness (QED) is 0.129. The molecule has 0 spiro atoms. The first kappa shape index (κ1) is 38.1. The van der Waals surface area contributed by atoms with Crippen molar-refractivity contribution in [2.24, 2.45) is 0 Å². The van der Waals surface area contributed by atoms with Crippen LogP contribution in [-0.2, 0) is 27.1 Å². The summed E-state index contributed by atoms with van der Waals surface area (Å²) in [7, 11) is 11.7. The van der Waals surface area contributed by atoms with E-state index in [1.807, 2.05) is 0 Å². The first-order chi connectivity index (χ1) is 31.7. The largest absolute Gasteiger partial charge is 0.369 e. The van der Waals surface area contributed by atoms with Crippen molar-refractivity contribution in [3.63, 3.8) is 0 Å². The molecule has 15 rings (SSSR count). The van der Waals surface area contributed by atoms with Crippen LogP contribution in [0.4, 0.5) is 28.4 Å². The van der Waals surface area contributed by atoms with Crippen molar-refractivity contribution in [1.82, 2.24) is 24.5 Å². The van der Waals surface area contributed by atoms with Gasteiger partial charge in [0.15, 0.2) is 0 Å². The summed E-state index contributed by atoms with van der Waals surface area (Å²) < 4.78 is 0. The highest BCUT2D eigenvalue weighted by molar-refractivity contribution is 5.83. The lowest BCUT2D eigenvalue weighted by Gasteiger charge is -2.48. The van der Waals surface area contributed by atoms with Crippen LogP contribution in [0, 0.1) is 0 Å². The van der Waals surface area contributed by atoms with Gasteiger partial charge in [0.2, 0.25) is 0 Å². The van der Waals surface area contributed by atoms with E-state index in [-0.39, 0.29) is 57.9 Å². The van der Waals surface area contributed by atoms with Gasteiger partial charge in [-0.2, -0.15) is 0 Å². The molecular formula is C55H62N10. The molecule has 0 radical (unpaired) electrons. The Kier molecular flexibility index (Phi) is 7.29. The fourth-order valence-corrected chi connectivity index (χ4v) is 17.3. The summed E-state index contributed by atoms with van der Waals surface area (Å²) in [5.41, 5.74) is 17.8. The van der Waals surface area contributed by atoms with Crippen LogP contribution >= 0.6 is 0 Å². The zero-order valence-electron chi connectivity index (χ0n) is 38.5. The number of nitrogens with one attached hydrogen (secondary N) is 5. The molecule has 5 saturated heterocycles. The summed E-state index contributed by atoms with van der Waals surface area (Å²) in [6.45, 7) is 5.34. The Bertz CT molecular complexity index is 2880. The molecule has 10 heterocycles. The van der Waals surface area contributed by atoms with Gasteiger partial charge in [-0.25, -0.2) is 0 Å². The van der Waals surface area contributed by atoms with Crippen LogP contribution in [0.15, 0.2) is 103 Å². The second kappa shape index (κ2) is 12.5. The third kappa shape index (κ3) is 4.09. The van der Waals surface area contributed by atoms with Crippen molar-refractivity contribution in [1.29, 1.82) is 0 Å². The summed E-state index contributed by atoms with van der Waals surface area (Å²) >= 11 is 0. The molecule has 5 aromatic rings. The zero-order valence-corrected chi connectivity index (χ0v) is 38.5. The maximum absolute atomic E-state index is 4.41. The minimum Gasteiger partial charge on any atom is -0.369 e. The number of likely N-dealkylation sites (tertiary alicyclic amines) is 5. The Hall–Kier alpha value is -5.10. The summed E-state index contributed by atoms with van der Waals surface area (Å²) in [4.78, 5) is 13.0. The number of hydrogen-bond acceptors (Lipinski definition) is 10. The van der Waals surface area contributed by atoms with Gasteiger partial charge in [0, 0.05) is 72.0 Å². The summed E-state index contributed by atoms with van der Waals surface area (Å²) in [5.74, 6) is 0. The average Bonchev–Trinajstić information content (AvgIpc) is 4.21. The SMILES string of the molecule is CN1CC[C@]2(c3cccc4c3N[C@@H]3N(C)CC[C@]43c3cccc4c3N[C@H]3N(C)CC[C@@]43[C@]34CCN(C)[C@H]3Nc3ccccc34)c3cccc([C@]45CCN(C)[C@H]4Nc4ccccc45)c3N[C@H]12. The lowest BCUT2D eigenvalue weighted by atomic mass is 9.54. The molecular weight excluding hydrogens is 801 g/mol. The molecule has 0 unspecified atom stereocenters. The van der Waals surface area contributed by atoms with Gasteiger partial charge in [-0.05, 0) is 124 Å². The van der Waals surface area contributed by atoms with E-state index < -0.39 is 0 Å². The van der Waals surface area contributed by atoms with Gasteiger partial charge in [-0.3, -0.25) is 24.5 Å². The Morgan fingerprint density at radius 3 is 1.15 bits per heavy atom. The molecule has 5 N–H and O–H groups in total. The molecule has 0 saturated carbocycles. The van der Waals surface area contributed by atoms with Crippen molar-refractivity contribution in [2.75, 3.05) is 94.5 Å². The van der Waals surface area contributed by atoms with Gasteiger partial charge in [0.05, 0.1) is 47.1 Å². The van der Waals surface area contributed by atoms with E-state index in [1.54, 1.807) is 0 Å². The number of benzene rings is 5. The van der Waals surface area contributed by atoms with E-state index >= 15 is 0 Å². The standard InChI is InChI=1S/C55H62N10/c1-61-28-23-51(33-13-6-8-21-41(33)56-46(51)61)35-15-10-16-36-43(35)58-47-52(36,24-29-62(47)2)37-17-11-18-38-44(37)59-48-53(38,25-30-63(48)3)39-19-12-20-40-45(39)60-50-55(40,27-32-65(50)5)54-26-31-64(4)49(54)57-42-22-9-7-14-34(42)54/h6-22,46-50,56-60H,23-32H2,1-5H3/t46-,47-,48-,49-,50+,51-,52-,53-,54+,55-/m1/s1. The van der Waals surface area contributed by atoms with Crippen molar-refractivity contribution in [2.45, 2.75) is 90.0 Å². The van der Waals surface area contributed by atoms with Gasteiger partial charge in [-0.1, -0.05) is 91.0 Å². The molecule has 65 heavy (non-hydrogen) atoms. The van der Waals surface area contributed by atoms with Crippen LogP contribution in [-0.4, -0.2) is 123 Å². The number of nitrogens with zero attached hydrogens (tertiary/aromatic N) is 5. The number of rotatable bonds is 4. The van der Waals surface area contributed by atoms with E-state index in [9.17, 15) is 0 Å². The molecule has 10 aliphatic heterocycles. The molecule has 0 bridgehead atoms. The third-order valence-electron chi connectivity index (χ3n) is 19.9. The Morgan fingerprint density at radius 2 is 0.631 bits per heavy atom. The van der Waals surface area contributed by atoms with Gasteiger partial charge in [-0.15, -0.1) is 0 Å². The number of likely N-dealkylation sites (N-methyl/N-ethyl adjacent to an activating group) is 5. The first-order valence-corrected chi connectivity index (χ1v) is 24.6. The van der Waals surface area contributed by atoms with Crippen molar-refractivity contribution < 1.29 is 0 Å². The van der Waals surface area contributed by atoms with E-state index in [0.29, 0.717) is 0 Å². The lowest BCUT2D eigenvalue weighted by molar-refractivity contribution is 0.147. The first-order valence-electron chi connectivity index (χ1n) is 24.6. The Morgan fingerprint density at radius 1 is 0.323 bits per heavy atom. The molecule has 10 aliphatic rings. The number of anilines is 5. The van der Waals surface area contributed by atoms with E-state index in [0.717, 1.165) is 64.8 Å². The molecule has 0 aromatic heterocycles. The smallest absolute Gasteiger partial charge is 0.0933 e. The Balaban J connectivity index is 0.915. The Labute approximate surface area is 383 Å². The molecule has 10 atom stereocenters. The summed E-state index contributed by atoms with van der Waals surface area (Å²) in [6, 6.07) is 40.6. The van der Waals surface area contributed by atoms with Crippen LogP contribution in [0.5, 0.6) is 0 Å². The molecule has 0 aliphatic carbocycles. The van der Waals surface area contributed by atoms with E-state index in [2.05, 4.69) is 189 Å². The minimum atomic E-state index is -0.223. The predicted octanol–water partition coefficient (Wildman–Crippen LogP) is 7.16. The van der Waals surface area contributed by atoms with Crippen molar-refractivity contribution >= 4 is 28.4 Å². The van der Waals surface area contributed by atoms with Gasteiger partial charge in [0.25, 0.3) is 0 Å². The molecule has 10 heteroatoms. The van der Waals surface area contributed by atoms with E-state index in [4.69, 9.17) is 0 Å². The molecule has 332 valence electrons. The zero-order chi connectivity index (χ0) is 43.4. The van der Waals surface area contributed by atoms with E-state index in [1.165, 1.54) is 72.9 Å². The topological polar surface area (TPSA) is 76.4 Å². The summed E-state index contributed by atoms with van der Waals surface area (Å²) in [6.07, 6.45) is 6.50. The second-order valence-electron chi connectivity index (χ2n) is 22.0. The third-order valence-corrected chi connectivity index (χ3v) is 19.9.